The van der Waals surface area contributed by atoms with Gasteiger partial charge < -0.3 is 10.1 Å². The standard InChI is InChI=1S/C16H25NO/c1-12(18-3)11-16(17-2)15-10-5-4-9-14(15)13-7-6-8-13/h4-5,9-10,12-13,16-17H,6-8,11H2,1-3H3. The summed E-state index contributed by atoms with van der Waals surface area (Å²) < 4.78 is 5.40. The minimum absolute atomic E-state index is 0.289. The summed E-state index contributed by atoms with van der Waals surface area (Å²) in [6.07, 6.45) is 5.41. The van der Waals surface area contributed by atoms with Gasteiger partial charge in [-0.2, -0.15) is 0 Å². The number of nitrogens with one attached hydrogen (secondary N) is 1. The number of benzene rings is 1. The van der Waals surface area contributed by atoms with Crippen LogP contribution in [0.2, 0.25) is 0 Å². The molecule has 0 amide bonds. The third-order valence-corrected chi connectivity index (χ3v) is 4.23. The summed E-state index contributed by atoms with van der Waals surface area (Å²) in [5, 5.41) is 3.45. The molecular formula is C16H25NO. The number of methoxy groups -OCH3 is 1. The Morgan fingerprint density at radius 1 is 1.33 bits per heavy atom. The lowest BCUT2D eigenvalue weighted by Gasteiger charge is -2.31. The van der Waals surface area contributed by atoms with Crippen molar-refractivity contribution in [3.8, 4) is 0 Å². The fourth-order valence-corrected chi connectivity index (χ4v) is 2.75. The van der Waals surface area contributed by atoms with Gasteiger partial charge in [-0.15, -0.1) is 0 Å². The van der Waals surface area contributed by atoms with Crippen LogP contribution in [0.15, 0.2) is 24.3 Å². The molecule has 0 aromatic heterocycles. The lowest BCUT2D eigenvalue weighted by molar-refractivity contribution is 0.101. The van der Waals surface area contributed by atoms with Gasteiger partial charge in [-0.1, -0.05) is 30.7 Å². The SMILES string of the molecule is CNC(CC(C)OC)c1ccccc1C1CCC1. The van der Waals surface area contributed by atoms with E-state index in [1.165, 1.54) is 24.8 Å². The second-order valence-corrected chi connectivity index (χ2v) is 5.38. The van der Waals surface area contributed by atoms with Gasteiger partial charge in [-0.05, 0) is 50.3 Å². The first-order chi connectivity index (χ1) is 8.76. The van der Waals surface area contributed by atoms with Crippen LogP contribution in [0.3, 0.4) is 0 Å². The molecular weight excluding hydrogens is 222 g/mol. The first-order valence-corrected chi connectivity index (χ1v) is 7.05. The summed E-state index contributed by atoms with van der Waals surface area (Å²) in [5.74, 6) is 0.787. The van der Waals surface area contributed by atoms with E-state index in [1.54, 1.807) is 12.7 Å². The van der Waals surface area contributed by atoms with E-state index in [4.69, 9.17) is 4.74 Å². The molecule has 1 aromatic carbocycles. The number of hydrogen-bond donors (Lipinski definition) is 1. The van der Waals surface area contributed by atoms with Crippen molar-refractivity contribution in [2.75, 3.05) is 14.2 Å². The molecule has 0 aliphatic heterocycles. The predicted molar refractivity (Wildman–Crippen MR) is 75.9 cm³/mol. The van der Waals surface area contributed by atoms with Gasteiger partial charge in [0.1, 0.15) is 0 Å². The molecule has 1 aliphatic rings. The molecule has 1 aliphatic carbocycles. The molecule has 1 saturated carbocycles. The van der Waals surface area contributed by atoms with Crippen LogP contribution in [0.5, 0.6) is 0 Å². The van der Waals surface area contributed by atoms with Gasteiger partial charge in [0.2, 0.25) is 0 Å². The zero-order chi connectivity index (χ0) is 13.0. The second kappa shape index (κ2) is 6.35. The van der Waals surface area contributed by atoms with Crippen molar-refractivity contribution in [3.05, 3.63) is 35.4 Å². The Labute approximate surface area is 111 Å². The van der Waals surface area contributed by atoms with Gasteiger partial charge in [0.25, 0.3) is 0 Å². The van der Waals surface area contributed by atoms with Gasteiger partial charge in [0.05, 0.1) is 6.10 Å². The Kier molecular flexibility index (Phi) is 4.79. The summed E-state index contributed by atoms with van der Waals surface area (Å²) >= 11 is 0. The highest BCUT2D eigenvalue weighted by molar-refractivity contribution is 5.34. The Bertz CT molecular complexity index is 373. The zero-order valence-electron chi connectivity index (χ0n) is 11.8. The highest BCUT2D eigenvalue weighted by Crippen LogP contribution is 2.40. The molecule has 0 radical (unpaired) electrons. The van der Waals surface area contributed by atoms with Gasteiger partial charge in [-0.25, -0.2) is 0 Å². The van der Waals surface area contributed by atoms with E-state index in [2.05, 4.69) is 36.5 Å². The maximum absolute atomic E-state index is 5.40. The minimum atomic E-state index is 0.289. The third kappa shape index (κ3) is 2.93. The van der Waals surface area contributed by atoms with Gasteiger partial charge in [-0.3, -0.25) is 0 Å². The maximum atomic E-state index is 5.40. The molecule has 2 nitrogen and oxygen atoms in total. The largest absolute Gasteiger partial charge is 0.382 e. The maximum Gasteiger partial charge on any atom is 0.0561 e. The molecule has 1 fully saturated rings. The van der Waals surface area contributed by atoms with Crippen molar-refractivity contribution >= 4 is 0 Å². The quantitative estimate of drug-likeness (QED) is 0.828. The van der Waals surface area contributed by atoms with Gasteiger partial charge in [0.15, 0.2) is 0 Å². The van der Waals surface area contributed by atoms with Crippen LogP contribution in [0.25, 0.3) is 0 Å². The van der Waals surface area contributed by atoms with Crippen LogP contribution in [0, 0.1) is 0 Å². The molecule has 2 atom stereocenters. The third-order valence-electron chi connectivity index (χ3n) is 4.23. The Morgan fingerprint density at radius 2 is 2.06 bits per heavy atom. The van der Waals surface area contributed by atoms with E-state index in [1.807, 2.05) is 7.05 Å². The number of rotatable bonds is 6. The monoisotopic (exact) mass is 247 g/mol. The van der Waals surface area contributed by atoms with Crippen LogP contribution in [0.4, 0.5) is 0 Å². The van der Waals surface area contributed by atoms with E-state index in [0.29, 0.717) is 6.04 Å². The molecule has 0 spiro atoms. The summed E-state index contributed by atoms with van der Waals surface area (Å²) in [4.78, 5) is 0. The molecule has 2 heteroatoms. The normalized spacial score (nSPS) is 19.3. The highest BCUT2D eigenvalue weighted by Gasteiger charge is 2.25. The topological polar surface area (TPSA) is 21.3 Å². The first kappa shape index (κ1) is 13.6. The molecule has 1 N–H and O–H groups in total. The Hall–Kier alpha value is -0.860. The lowest BCUT2D eigenvalue weighted by atomic mass is 9.77. The van der Waals surface area contributed by atoms with Crippen molar-refractivity contribution in [3.63, 3.8) is 0 Å². The Morgan fingerprint density at radius 3 is 2.61 bits per heavy atom. The van der Waals surface area contributed by atoms with E-state index < -0.39 is 0 Å². The van der Waals surface area contributed by atoms with Crippen LogP contribution in [-0.2, 0) is 4.74 Å². The van der Waals surface area contributed by atoms with Crippen molar-refractivity contribution in [2.24, 2.45) is 0 Å². The average molecular weight is 247 g/mol. The number of hydrogen-bond acceptors (Lipinski definition) is 2. The van der Waals surface area contributed by atoms with E-state index >= 15 is 0 Å². The van der Waals surface area contributed by atoms with Crippen LogP contribution < -0.4 is 5.32 Å². The van der Waals surface area contributed by atoms with Crippen LogP contribution in [0.1, 0.15) is 55.7 Å². The molecule has 100 valence electrons. The van der Waals surface area contributed by atoms with Crippen molar-refractivity contribution in [1.82, 2.24) is 5.32 Å². The molecule has 0 bridgehead atoms. The smallest absolute Gasteiger partial charge is 0.0561 e. The van der Waals surface area contributed by atoms with E-state index in [9.17, 15) is 0 Å². The van der Waals surface area contributed by atoms with Crippen molar-refractivity contribution in [2.45, 2.75) is 50.7 Å². The Balaban J connectivity index is 2.18. The molecule has 0 heterocycles. The van der Waals surface area contributed by atoms with Crippen molar-refractivity contribution < 1.29 is 4.74 Å². The van der Waals surface area contributed by atoms with E-state index in [0.717, 1.165) is 12.3 Å². The molecule has 0 saturated heterocycles. The van der Waals surface area contributed by atoms with Gasteiger partial charge in [0, 0.05) is 13.2 Å². The number of ether oxygens (including phenoxy) is 1. The van der Waals surface area contributed by atoms with E-state index in [-0.39, 0.29) is 6.10 Å². The van der Waals surface area contributed by atoms with Gasteiger partial charge >= 0.3 is 0 Å². The lowest BCUT2D eigenvalue weighted by Crippen LogP contribution is -2.24. The first-order valence-electron chi connectivity index (χ1n) is 7.05. The fraction of sp³-hybridized carbons (Fsp3) is 0.625. The fourth-order valence-electron chi connectivity index (χ4n) is 2.75. The molecule has 18 heavy (non-hydrogen) atoms. The molecule has 2 rings (SSSR count). The molecule has 1 aromatic rings. The average Bonchev–Trinajstić information content (AvgIpc) is 2.34. The zero-order valence-corrected chi connectivity index (χ0v) is 11.8. The second-order valence-electron chi connectivity index (χ2n) is 5.38. The van der Waals surface area contributed by atoms with Crippen LogP contribution >= 0.6 is 0 Å². The molecule has 2 unspecified atom stereocenters. The summed E-state index contributed by atoms with van der Waals surface area (Å²) in [5.41, 5.74) is 3.01. The highest BCUT2D eigenvalue weighted by atomic mass is 16.5. The minimum Gasteiger partial charge on any atom is -0.382 e. The van der Waals surface area contributed by atoms with Crippen molar-refractivity contribution in [1.29, 1.82) is 0 Å². The summed E-state index contributed by atoms with van der Waals surface area (Å²) in [6, 6.07) is 9.30. The summed E-state index contributed by atoms with van der Waals surface area (Å²) in [6.45, 7) is 2.14. The predicted octanol–water partition coefficient (Wildman–Crippen LogP) is 3.64. The summed E-state index contributed by atoms with van der Waals surface area (Å²) in [7, 11) is 3.83. The van der Waals surface area contributed by atoms with Crippen LogP contribution in [-0.4, -0.2) is 20.3 Å².